The molecule has 3 rings (SSSR count). The first-order valence-electron chi connectivity index (χ1n) is 11.3. The summed E-state index contributed by atoms with van der Waals surface area (Å²) in [6, 6.07) is 31.7. The van der Waals surface area contributed by atoms with E-state index in [4.69, 9.17) is 5.73 Å². The molecule has 0 aliphatic rings. The number of benzene rings is 3. The molecule has 0 spiro atoms. The molecule has 0 saturated heterocycles. The van der Waals surface area contributed by atoms with E-state index in [-0.39, 0.29) is 23.3 Å². The fourth-order valence-electron chi connectivity index (χ4n) is 3.95. The van der Waals surface area contributed by atoms with Gasteiger partial charge in [-0.15, -0.1) is 11.8 Å². The van der Waals surface area contributed by atoms with Crippen LogP contribution in [0.3, 0.4) is 0 Å². The molecule has 0 aliphatic carbocycles. The Kier molecular flexibility index (Phi) is 9.94. The van der Waals surface area contributed by atoms with Gasteiger partial charge in [-0.25, -0.2) is 0 Å². The van der Waals surface area contributed by atoms with E-state index >= 15 is 0 Å². The zero-order valence-electron chi connectivity index (χ0n) is 19.1. The average molecular weight is 478 g/mol. The van der Waals surface area contributed by atoms with Crippen molar-refractivity contribution in [3.8, 4) is 0 Å². The van der Waals surface area contributed by atoms with Crippen molar-refractivity contribution in [3.63, 3.8) is 0 Å². The predicted molar refractivity (Wildman–Crippen MR) is 147 cm³/mol. The van der Waals surface area contributed by atoms with Crippen molar-refractivity contribution in [1.82, 2.24) is 10.2 Å². The Morgan fingerprint density at radius 2 is 1.39 bits per heavy atom. The maximum Gasteiger partial charge on any atom is 0.234 e. The molecular formula is C26H32BN3OS2. The van der Waals surface area contributed by atoms with Gasteiger partial charge in [-0.1, -0.05) is 91.0 Å². The summed E-state index contributed by atoms with van der Waals surface area (Å²) in [5, 5.41) is 2.88. The van der Waals surface area contributed by atoms with Crippen molar-refractivity contribution < 1.29 is 4.79 Å². The van der Waals surface area contributed by atoms with Crippen LogP contribution in [0.25, 0.3) is 0 Å². The van der Waals surface area contributed by atoms with Gasteiger partial charge in [-0.05, 0) is 16.7 Å². The summed E-state index contributed by atoms with van der Waals surface area (Å²) in [6.45, 7) is 1.54. The first-order chi connectivity index (χ1) is 16.1. The number of carbonyl (C=O) groups is 1. The molecule has 0 saturated carbocycles. The molecule has 172 valence electrons. The lowest BCUT2D eigenvalue weighted by atomic mass is 9.84. The molecule has 0 aromatic heterocycles. The SMILES string of the molecule is BC(N)N(CCSC(c1ccccc1)(c1ccccc1)c1ccccc1)CC(=O)NCCS. The molecule has 0 aliphatic heterocycles. The summed E-state index contributed by atoms with van der Waals surface area (Å²) in [7, 11) is 1.93. The van der Waals surface area contributed by atoms with Gasteiger partial charge in [-0.2, -0.15) is 12.6 Å². The largest absolute Gasteiger partial charge is 0.354 e. The van der Waals surface area contributed by atoms with Gasteiger partial charge < -0.3 is 11.1 Å². The first kappa shape index (κ1) is 25.4. The summed E-state index contributed by atoms with van der Waals surface area (Å²) in [4.78, 5) is 14.3. The molecule has 33 heavy (non-hydrogen) atoms. The van der Waals surface area contributed by atoms with E-state index in [0.717, 1.165) is 5.75 Å². The molecule has 0 bridgehead atoms. The standard InChI is InChI=1S/C26H32BN3OS2/c27-25(28)30(20-24(31)29-16-18-32)17-19-33-26(21-10-4-1-5-11-21,22-12-6-2-7-13-22)23-14-8-3-9-15-23/h1-15,25,32H,16-20,27-28H2,(H,29,31). The first-order valence-corrected chi connectivity index (χ1v) is 12.9. The summed E-state index contributed by atoms with van der Waals surface area (Å²) in [5.41, 5.74) is 9.90. The number of thiol groups is 1. The van der Waals surface area contributed by atoms with Gasteiger partial charge in [-0.3, -0.25) is 9.69 Å². The lowest BCUT2D eigenvalue weighted by Gasteiger charge is -2.36. The van der Waals surface area contributed by atoms with E-state index in [1.165, 1.54) is 16.7 Å². The van der Waals surface area contributed by atoms with Crippen molar-refractivity contribution in [2.45, 2.75) is 10.8 Å². The van der Waals surface area contributed by atoms with Gasteiger partial charge in [0.15, 0.2) is 0 Å². The Balaban J connectivity index is 1.91. The van der Waals surface area contributed by atoms with Crippen LogP contribution in [0.4, 0.5) is 0 Å². The molecule has 7 heteroatoms. The maximum atomic E-state index is 12.3. The number of hydrogen-bond donors (Lipinski definition) is 3. The smallest absolute Gasteiger partial charge is 0.234 e. The normalized spacial score (nSPS) is 12.5. The highest BCUT2D eigenvalue weighted by Crippen LogP contribution is 2.48. The molecule has 1 atom stereocenters. The number of rotatable bonds is 12. The van der Waals surface area contributed by atoms with Gasteiger partial charge in [0.2, 0.25) is 5.91 Å². The van der Waals surface area contributed by atoms with E-state index in [1.54, 1.807) is 0 Å². The Bertz CT molecular complexity index is 878. The van der Waals surface area contributed by atoms with Crippen molar-refractivity contribution >= 4 is 38.1 Å². The van der Waals surface area contributed by atoms with E-state index in [0.29, 0.717) is 18.8 Å². The minimum Gasteiger partial charge on any atom is -0.354 e. The number of nitrogens with one attached hydrogen (secondary N) is 1. The zero-order chi connectivity index (χ0) is 23.5. The van der Waals surface area contributed by atoms with Crippen LogP contribution in [0.5, 0.6) is 0 Å². The molecule has 3 aromatic carbocycles. The third-order valence-corrected chi connectivity index (χ3v) is 7.35. The van der Waals surface area contributed by atoms with Gasteiger partial charge in [0.25, 0.3) is 0 Å². The summed E-state index contributed by atoms with van der Waals surface area (Å²) >= 11 is 6.04. The second-order valence-electron chi connectivity index (χ2n) is 7.91. The second-order valence-corrected chi connectivity index (χ2v) is 9.67. The van der Waals surface area contributed by atoms with Crippen LogP contribution in [-0.4, -0.2) is 55.9 Å². The Labute approximate surface area is 208 Å². The number of nitrogens with zero attached hydrogens (tertiary/aromatic N) is 1. The van der Waals surface area contributed by atoms with Gasteiger partial charge in [0, 0.05) is 30.7 Å². The molecule has 3 aromatic rings. The van der Waals surface area contributed by atoms with Crippen LogP contribution in [0, 0.1) is 0 Å². The number of amides is 1. The molecule has 4 nitrogen and oxygen atoms in total. The van der Waals surface area contributed by atoms with Crippen molar-refractivity contribution in [2.75, 3.05) is 31.1 Å². The van der Waals surface area contributed by atoms with Crippen molar-refractivity contribution in [2.24, 2.45) is 5.73 Å². The number of carbonyl (C=O) groups excluding carboxylic acids is 1. The molecule has 3 N–H and O–H groups in total. The minimum absolute atomic E-state index is 0.0215. The third-order valence-electron chi connectivity index (χ3n) is 5.59. The molecule has 0 heterocycles. The quantitative estimate of drug-likeness (QED) is 0.163. The Morgan fingerprint density at radius 3 is 1.79 bits per heavy atom. The monoisotopic (exact) mass is 477 g/mol. The lowest BCUT2D eigenvalue weighted by Crippen LogP contribution is -2.49. The highest BCUT2D eigenvalue weighted by molar-refractivity contribution is 8.00. The Hall–Kier alpha value is -2.19. The van der Waals surface area contributed by atoms with Crippen LogP contribution >= 0.6 is 24.4 Å². The van der Waals surface area contributed by atoms with E-state index in [1.807, 2.05) is 24.5 Å². The Morgan fingerprint density at radius 1 is 0.939 bits per heavy atom. The van der Waals surface area contributed by atoms with E-state index in [2.05, 4.69) is 109 Å². The van der Waals surface area contributed by atoms with Gasteiger partial charge >= 0.3 is 0 Å². The fourth-order valence-corrected chi connectivity index (χ4v) is 5.60. The van der Waals surface area contributed by atoms with Crippen LogP contribution in [0.2, 0.25) is 0 Å². The molecule has 1 unspecified atom stereocenters. The number of hydrogen-bond acceptors (Lipinski definition) is 5. The highest BCUT2D eigenvalue weighted by atomic mass is 32.2. The summed E-state index contributed by atoms with van der Waals surface area (Å²) in [5.74, 6) is 1.40. The van der Waals surface area contributed by atoms with E-state index < -0.39 is 0 Å². The van der Waals surface area contributed by atoms with Gasteiger partial charge in [0.05, 0.1) is 11.3 Å². The second kappa shape index (κ2) is 12.9. The van der Waals surface area contributed by atoms with Crippen molar-refractivity contribution in [3.05, 3.63) is 108 Å². The maximum absolute atomic E-state index is 12.3. The minimum atomic E-state index is -0.373. The average Bonchev–Trinajstić information content (AvgIpc) is 2.86. The van der Waals surface area contributed by atoms with E-state index in [9.17, 15) is 4.79 Å². The highest BCUT2D eigenvalue weighted by Gasteiger charge is 2.36. The summed E-state index contributed by atoms with van der Waals surface area (Å²) < 4.78 is -0.373. The van der Waals surface area contributed by atoms with Crippen LogP contribution in [0.15, 0.2) is 91.0 Å². The zero-order valence-corrected chi connectivity index (χ0v) is 20.8. The van der Waals surface area contributed by atoms with Crippen LogP contribution in [0.1, 0.15) is 16.7 Å². The molecule has 1 amide bonds. The molecular weight excluding hydrogens is 445 g/mol. The molecule has 0 fully saturated rings. The molecule has 0 radical (unpaired) electrons. The predicted octanol–water partition coefficient (Wildman–Crippen LogP) is 2.94. The topological polar surface area (TPSA) is 58.4 Å². The lowest BCUT2D eigenvalue weighted by molar-refractivity contribution is -0.122. The van der Waals surface area contributed by atoms with Crippen LogP contribution in [-0.2, 0) is 9.54 Å². The van der Waals surface area contributed by atoms with Crippen molar-refractivity contribution in [1.29, 1.82) is 0 Å². The number of nitrogens with two attached hydrogens (primary N) is 1. The number of thioether (sulfide) groups is 1. The van der Waals surface area contributed by atoms with Crippen LogP contribution < -0.4 is 11.1 Å². The third kappa shape index (κ3) is 6.67. The van der Waals surface area contributed by atoms with Gasteiger partial charge in [0.1, 0.15) is 7.85 Å². The fraction of sp³-hybridized carbons (Fsp3) is 0.269. The summed E-state index contributed by atoms with van der Waals surface area (Å²) in [6.07, 6.45) is 0.